The van der Waals surface area contributed by atoms with Gasteiger partial charge < -0.3 is 20.1 Å². The zero-order chi connectivity index (χ0) is 35.8. The third-order valence-corrected chi connectivity index (χ3v) is 9.19. The van der Waals surface area contributed by atoms with E-state index < -0.39 is 0 Å². The molecule has 5 nitrogen and oxygen atoms in total. The molecule has 0 spiro atoms. The summed E-state index contributed by atoms with van der Waals surface area (Å²) < 4.78 is 6.18. The summed E-state index contributed by atoms with van der Waals surface area (Å²) in [6, 6.07) is 43.2. The fourth-order valence-corrected chi connectivity index (χ4v) is 6.84. The van der Waals surface area contributed by atoms with E-state index in [1.54, 1.807) is 7.11 Å². The number of methoxy groups -OCH3 is 1. The summed E-state index contributed by atoms with van der Waals surface area (Å²) in [5, 5.41) is 33.1. The van der Waals surface area contributed by atoms with Gasteiger partial charge in [-0.2, -0.15) is 0 Å². The van der Waals surface area contributed by atoms with Crippen molar-refractivity contribution in [3.63, 3.8) is 0 Å². The number of phenolic OH excluding ortho intramolecular Hbond substituents is 2. The largest absolute Gasteiger partial charge is 0.872 e. The smallest absolute Gasteiger partial charge is 0.196 e. The number of ether oxygens (including phenoxy) is 1. The Bertz CT molecular complexity index is 1820. The molecular weight excluding hydrogens is 618 g/mol. The first-order valence-corrected chi connectivity index (χ1v) is 16.9. The third kappa shape index (κ3) is 7.92. The molecule has 256 valence electrons. The van der Waals surface area contributed by atoms with Crippen LogP contribution in [0.2, 0.25) is 0 Å². The van der Waals surface area contributed by atoms with E-state index in [1.807, 2.05) is 89.2 Å². The van der Waals surface area contributed by atoms with Crippen molar-refractivity contribution in [2.24, 2.45) is 0 Å². The Kier molecular flexibility index (Phi) is 11.4. The van der Waals surface area contributed by atoms with Crippen molar-refractivity contribution in [3.8, 4) is 17.2 Å². The average molecular weight is 666 g/mol. The van der Waals surface area contributed by atoms with Crippen LogP contribution < -0.4 is 9.59 Å². The summed E-state index contributed by atoms with van der Waals surface area (Å²) in [5.41, 5.74) is 11.5. The molecule has 0 aliphatic heterocycles. The van der Waals surface area contributed by atoms with Gasteiger partial charge in [-0.1, -0.05) is 108 Å². The Morgan fingerprint density at radius 2 is 0.840 bits per heavy atom. The van der Waals surface area contributed by atoms with E-state index in [0.29, 0.717) is 35.6 Å². The van der Waals surface area contributed by atoms with Crippen LogP contribution in [0.3, 0.4) is 0 Å². The molecule has 0 aliphatic rings. The first-order chi connectivity index (χ1) is 24.0. The van der Waals surface area contributed by atoms with Crippen molar-refractivity contribution < 1.29 is 20.1 Å². The van der Waals surface area contributed by atoms with Crippen molar-refractivity contribution in [2.75, 3.05) is 13.8 Å². The van der Waals surface area contributed by atoms with Crippen molar-refractivity contribution >= 4 is 17.1 Å². The van der Waals surface area contributed by atoms with E-state index >= 15 is 0 Å². The molecular formula is C45H47NO4. The van der Waals surface area contributed by atoms with E-state index in [0.717, 1.165) is 50.1 Å². The van der Waals surface area contributed by atoms with Crippen molar-refractivity contribution in [3.05, 3.63) is 177 Å². The number of quaternary nitrogens is 1. The van der Waals surface area contributed by atoms with Crippen LogP contribution in [0.5, 0.6) is 17.2 Å². The fourth-order valence-electron chi connectivity index (χ4n) is 6.84. The second-order valence-corrected chi connectivity index (χ2v) is 13.2. The Hall–Kier alpha value is -5.36. The minimum absolute atomic E-state index is 0.0670. The van der Waals surface area contributed by atoms with Crippen molar-refractivity contribution in [1.82, 2.24) is 4.48 Å². The zero-order valence-corrected chi connectivity index (χ0v) is 29.9. The van der Waals surface area contributed by atoms with Gasteiger partial charge in [0.25, 0.3) is 0 Å². The van der Waals surface area contributed by atoms with Crippen LogP contribution in [0.4, 0.5) is 17.1 Å². The highest BCUT2D eigenvalue weighted by atomic mass is 16.5. The summed E-state index contributed by atoms with van der Waals surface area (Å²) in [7, 11) is 1.75. The van der Waals surface area contributed by atoms with Crippen LogP contribution in [0, 0.1) is 34.6 Å². The Balaban J connectivity index is 0.000000200. The molecule has 0 saturated heterocycles. The van der Waals surface area contributed by atoms with Gasteiger partial charge in [0.1, 0.15) is 28.6 Å². The SMILES string of the molecule is COC[N+](c1ccccc1)(c1ccccc1)c1ccccc1.Cc1cc(Cc2cc(C)c(O)c(C)c2)c([O-])c(Cc2cc(C)c(O)c(C)c2)c1. The summed E-state index contributed by atoms with van der Waals surface area (Å²) >= 11 is 0. The second-order valence-electron chi connectivity index (χ2n) is 13.2. The Labute approximate surface area is 296 Å². The molecule has 2 N–H and O–H groups in total. The van der Waals surface area contributed by atoms with Gasteiger partial charge in [-0.25, -0.2) is 4.48 Å². The molecule has 0 amide bonds. The zero-order valence-electron chi connectivity index (χ0n) is 29.9. The quantitative estimate of drug-likeness (QED) is 0.119. The molecule has 0 heterocycles. The van der Waals surface area contributed by atoms with Gasteiger partial charge in [0.05, 0.1) is 0 Å². The topological polar surface area (TPSA) is 72.8 Å². The van der Waals surface area contributed by atoms with E-state index in [-0.39, 0.29) is 5.75 Å². The van der Waals surface area contributed by atoms with Gasteiger partial charge in [-0.05, 0) is 80.8 Å². The monoisotopic (exact) mass is 665 g/mol. The summed E-state index contributed by atoms with van der Waals surface area (Å²) in [5.74, 6) is 0.695. The lowest BCUT2D eigenvalue weighted by molar-refractivity contribution is -0.270. The van der Waals surface area contributed by atoms with Gasteiger partial charge in [-0.15, -0.1) is 5.75 Å². The third-order valence-electron chi connectivity index (χ3n) is 9.19. The van der Waals surface area contributed by atoms with Gasteiger partial charge in [0, 0.05) is 43.5 Å². The van der Waals surface area contributed by atoms with Crippen LogP contribution in [-0.2, 0) is 17.6 Å². The van der Waals surface area contributed by atoms with E-state index in [4.69, 9.17) is 4.74 Å². The summed E-state index contributed by atoms with van der Waals surface area (Å²) in [6.07, 6.45) is 1.09. The van der Waals surface area contributed by atoms with E-state index in [1.165, 1.54) is 17.1 Å². The van der Waals surface area contributed by atoms with Crippen LogP contribution in [0.15, 0.2) is 127 Å². The molecule has 0 bridgehead atoms. The molecule has 0 aromatic heterocycles. The van der Waals surface area contributed by atoms with E-state index in [9.17, 15) is 15.3 Å². The number of hydrogen-bond donors (Lipinski definition) is 2. The molecule has 6 aromatic rings. The van der Waals surface area contributed by atoms with Crippen LogP contribution >= 0.6 is 0 Å². The highest BCUT2D eigenvalue weighted by molar-refractivity contribution is 5.70. The number of para-hydroxylation sites is 3. The summed E-state index contributed by atoms with van der Waals surface area (Å²) in [4.78, 5) is 0. The van der Waals surface area contributed by atoms with Gasteiger partial charge >= 0.3 is 0 Å². The van der Waals surface area contributed by atoms with Gasteiger partial charge in [0.2, 0.25) is 0 Å². The standard InChI is InChI=1S/C25H28O3.C20H20NO/c1-14-6-21(12-19-8-15(2)23(26)16(3)9-19)25(28)22(7-14)13-20-10-17(4)24(27)18(5)11-20;1-22-17-21(18-11-5-2-6-12-18,19-13-7-3-8-14-19)20-15-9-4-10-16-20/h6-11,26-28H,12-13H2,1-5H3;2-16H,17H2,1H3/q;+1/p-1. The fraction of sp³-hybridized carbons (Fsp3) is 0.200. The molecule has 0 fully saturated rings. The number of aromatic hydroxyl groups is 2. The molecule has 0 radical (unpaired) electrons. The number of aryl methyl sites for hydroxylation is 5. The Morgan fingerprint density at radius 3 is 1.14 bits per heavy atom. The Morgan fingerprint density at radius 1 is 0.520 bits per heavy atom. The molecule has 0 unspecified atom stereocenters. The molecule has 0 atom stereocenters. The number of rotatable bonds is 9. The number of phenols is 2. The van der Waals surface area contributed by atoms with E-state index in [2.05, 4.69) is 72.8 Å². The lowest BCUT2D eigenvalue weighted by Crippen LogP contribution is -2.40. The predicted octanol–water partition coefficient (Wildman–Crippen LogP) is 10.2. The maximum absolute atomic E-state index is 13.1. The highest BCUT2D eigenvalue weighted by Crippen LogP contribution is 2.43. The molecule has 0 saturated carbocycles. The van der Waals surface area contributed by atoms with Crippen LogP contribution in [-0.4, -0.2) is 24.1 Å². The molecule has 50 heavy (non-hydrogen) atoms. The number of benzene rings is 6. The maximum Gasteiger partial charge on any atom is 0.196 e. The first kappa shape index (κ1) is 35.9. The average Bonchev–Trinajstić information content (AvgIpc) is 3.12. The highest BCUT2D eigenvalue weighted by Gasteiger charge is 2.36. The minimum Gasteiger partial charge on any atom is -0.872 e. The van der Waals surface area contributed by atoms with Crippen molar-refractivity contribution in [1.29, 1.82) is 0 Å². The molecule has 6 rings (SSSR count). The van der Waals surface area contributed by atoms with Gasteiger partial charge in [0.15, 0.2) is 6.73 Å². The molecule has 6 aromatic carbocycles. The molecule has 0 aliphatic carbocycles. The van der Waals surface area contributed by atoms with Crippen LogP contribution in [0.25, 0.3) is 0 Å². The maximum atomic E-state index is 13.1. The number of nitrogens with zero attached hydrogens (tertiary/aromatic N) is 1. The van der Waals surface area contributed by atoms with Gasteiger partial charge in [-0.3, -0.25) is 0 Å². The lowest BCUT2D eigenvalue weighted by atomic mass is 9.93. The summed E-state index contributed by atoms with van der Waals surface area (Å²) in [6.45, 7) is 10.1. The lowest BCUT2D eigenvalue weighted by Gasteiger charge is -2.36. The van der Waals surface area contributed by atoms with Crippen LogP contribution in [0.1, 0.15) is 50.1 Å². The number of hydrogen-bond acceptors (Lipinski definition) is 4. The molecule has 5 heteroatoms. The minimum atomic E-state index is 0.0670. The second kappa shape index (κ2) is 15.9. The normalized spacial score (nSPS) is 11.2. The predicted molar refractivity (Wildman–Crippen MR) is 204 cm³/mol. The van der Waals surface area contributed by atoms with Crippen molar-refractivity contribution in [2.45, 2.75) is 47.5 Å². The first-order valence-electron chi connectivity index (χ1n) is 16.9.